The first-order chi connectivity index (χ1) is 9.15. The molecule has 2 rings (SSSR count). The third-order valence-electron chi connectivity index (χ3n) is 2.66. The van der Waals surface area contributed by atoms with Crippen molar-refractivity contribution in [1.82, 2.24) is 15.1 Å². The maximum Gasteiger partial charge on any atom is 0.408 e. The lowest BCUT2D eigenvalue weighted by Gasteiger charge is -2.09. The van der Waals surface area contributed by atoms with Gasteiger partial charge >= 0.3 is 6.18 Å². The number of hydrogen-bond donors (Lipinski definition) is 2. The average molecular weight is 335 g/mol. The van der Waals surface area contributed by atoms with E-state index in [0.29, 0.717) is 4.68 Å². The first kappa shape index (κ1) is 17.6. The minimum Gasteiger partial charge on any atom is -0.308 e. The van der Waals surface area contributed by atoms with Gasteiger partial charge in [-0.1, -0.05) is 0 Å². The van der Waals surface area contributed by atoms with Crippen LogP contribution in [-0.4, -0.2) is 40.4 Å². The number of anilines is 1. The lowest BCUT2D eigenvalue weighted by atomic mass is 10.2. The fourth-order valence-electron chi connectivity index (χ4n) is 1.81. The van der Waals surface area contributed by atoms with Crippen molar-refractivity contribution in [3.05, 3.63) is 12.3 Å². The van der Waals surface area contributed by atoms with Gasteiger partial charge in [-0.3, -0.25) is 14.8 Å². The highest BCUT2D eigenvalue weighted by molar-refractivity contribution is 5.94. The zero-order valence-corrected chi connectivity index (χ0v) is 11.3. The molecule has 1 aromatic rings. The number of halogens is 6. The number of nitrogens with zero attached hydrogens (tertiary/aromatic N) is 2. The van der Waals surface area contributed by atoms with Gasteiger partial charge in [0.2, 0.25) is 5.91 Å². The molecule has 21 heavy (non-hydrogen) atoms. The Morgan fingerprint density at radius 3 is 2.71 bits per heavy atom. The van der Waals surface area contributed by atoms with Crippen LogP contribution >= 0.6 is 12.4 Å². The van der Waals surface area contributed by atoms with Gasteiger partial charge < -0.3 is 5.32 Å². The second kappa shape index (κ2) is 6.14. The number of nitrogens with one attached hydrogen (secondary N) is 2. The predicted molar refractivity (Wildman–Crippen MR) is 65.5 cm³/mol. The van der Waals surface area contributed by atoms with Crippen molar-refractivity contribution >= 4 is 24.1 Å². The molecule has 1 fully saturated rings. The zero-order valence-electron chi connectivity index (χ0n) is 10.5. The summed E-state index contributed by atoms with van der Waals surface area (Å²) in [6, 6.07) is 0.0780. The summed E-state index contributed by atoms with van der Waals surface area (Å²) in [7, 11) is 0. The van der Waals surface area contributed by atoms with Gasteiger partial charge in [0, 0.05) is 18.7 Å². The predicted octanol–water partition coefficient (Wildman–Crippen LogP) is 1.80. The first-order valence-electron chi connectivity index (χ1n) is 5.67. The summed E-state index contributed by atoms with van der Waals surface area (Å²) < 4.78 is 62.7. The molecule has 1 aliphatic rings. The van der Waals surface area contributed by atoms with Crippen LogP contribution in [0.1, 0.15) is 6.42 Å². The number of amides is 1. The lowest BCUT2D eigenvalue weighted by Crippen LogP contribution is -2.35. The van der Waals surface area contributed by atoms with E-state index in [-0.39, 0.29) is 18.2 Å². The van der Waals surface area contributed by atoms with E-state index in [1.54, 1.807) is 0 Å². The molecule has 1 aliphatic heterocycles. The molecule has 1 atom stereocenters. The van der Waals surface area contributed by atoms with Gasteiger partial charge in [0.15, 0.2) is 5.82 Å². The lowest BCUT2D eigenvalue weighted by molar-refractivity contribution is -0.142. The van der Waals surface area contributed by atoms with Crippen LogP contribution in [-0.2, 0) is 11.3 Å². The normalized spacial score (nSPS) is 20.9. The van der Waals surface area contributed by atoms with Crippen molar-refractivity contribution in [3.8, 4) is 0 Å². The smallest absolute Gasteiger partial charge is 0.308 e. The molecule has 120 valence electrons. The summed E-state index contributed by atoms with van der Waals surface area (Å²) >= 11 is 0. The molecule has 1 aromatic heterocycles. The molecule has 2 heterocycles. The highest BCUT2D eigenvalue weighted by atomic mass is 35.5. The standard InChI is InChI=1S/C10H11F5N4O.ClH/c11-9(12)3-6(16-4-9)8(20)17-7-1-2-19(18-7)5-10(13,14)15;/h1-2,6,16H,3-5H2,(H,17,18,20);1H. The summed E-state index contributed by atoms with van der Waals surface area (Å²) in [6.45, 7) is -1.89. The SMILES string of the molecule is Cl.O=C(Nc1ccn(CC(F)(F)F)n1)C1CC(F)(F)CN1. The van der Waals surface area contributed by atoms with Crippen LogP contribution in [0.2, 0.25) is 0 Å². The van der Waals surface area contributed by atoms with Crippen molar-refractivity contribution in [2.75, 3.05) is 11.9 Å². The highest BCUT2D eigenvalue weighted by Crippen LogP contribution is 2.25. The van der Waals surface area contributed by atoms with Gasteiger partial charge in [-0.05, 0) is 0 Å². The van der Waals surface area contributed by atoms with Crippen molar-refractivity contribution in [1.29, 1.82) is 0 Å². The quantitative estimate of drug-likeness (QED) is 0.829. The van der Waals surface area contributed by atoms with E-state index in [2.05, 4.69) is 15.7 Å². The average Bonchev–Trinajstić information content (AvgIpc) is 2.83. The fraction of sp³-hybridized carbons (Fsp3) is 0.600. The Morgan fingerprint density at radius 1 is 1.52 bits per heavy atom. The number of hydrogen-bond acceptors (Lipinski definition) is 3. The maximum absolute atomic E-state index is 12.9. The van der Waals surface area contributed by atoms with Crippen LogP contribution in [0.25, 0.3) is 0 Å². The van der Waals surface area contributed by atoms with Gasteiger partial charge in [-0.2, -0.15) is 18.3 Å². The highest BCUT2D eigenvalue weighted by Gasteiger charge is 2.42. The first-order valence-corrected chi connectivity index (χ1v) is 5.67. The van der Waals surface area contributed by atoms with Crippen molar-refractivity contribution in [2.24, 2.45) is 0 Å². The van der Waals surface area contributed by atoms with Crippen LogP contribution in [0, 0.1) is 0 Å². The van der Waals surface area contributed by atoms with E-state index in [1.807, 2.05) is 0 Å². The Labute approximate surface area is 122 Å². The largest absolute Gasteiger partial charge is 0.408 e. The molecule has 1 unspecified atom stereocenters. The second-order valence-electron chi connectivity index (χ2n) is 4.50. The molecular formula is C10H12ClF5N4O. The van der Waals surface area contributed by atoms with E-state index in [4.69, 9.17) is 0 Å². The fourth-order valence-corrected chi connectivity index (χ4v) is 1.81. The summed E-state index contributed by atoms with van der Waals surface area (Å²) in [6.07, 6.45) is -4.04. The molecule has 0 bridgehead atoms. The summed E-state index contributed by atoms with van der Waals surface area (Å²) in [4.78, 5) is 11.6. The van der Waals surface area contributed by atoms with Crippen LogP contribution in [0.5, 0.6) is 0 Å². The minimum absolute atomic E-state index is 0. The molecule has 0 radical (unpaired) electrons. The van der Waals surface area contributed by atoms with Crippen LogP contribution in [0.3, 0.4) is 0 Å². The summed E-state index contributed by atoms with van der Waals surface area (Å²) in [5.41, 5.74) is 0. The van der Waals surface area contributed by atoms with Gasteiger partial charge in [-0.25, -0.2) is 8.78 Å². The molecule has 1 saturated heterocycles. The zero-order chi connectivity index (χ0) is 15.0. The third kappa shape index (κ3) is 5.12. The van der Waals surface area contributed by atoms with E-state index in [9.17, 15) is 26.7 Å². The minimum atomic E-state index is -4.43. The monoisotopic (exact) mass is 334 g/mol. The molecule has 1 amide bonds. The van der Waals surface area contributed by atoms with Crippen molar-refractivity contribution in [3.63, 3.8) is 0 Å². The van der Waals surface area contributed by atoms with Crippen molar-refractivity contribution < 1.29 is 26.7 Å². The Kier molecular flexibility index (Phi) is 5.16. The Bertz CT molecular complexity index is 504. The second-order valence-corrected chi connectivity index (χ2v) is 4.50. The van der Waals surface area contributed by atoms with Gasteiger partial charge in [0.05, 0.1) is 12.6 Å². The Hall–Kier alpha value is -1.42. The van der Waals surface area contributed by atoms with E-state index < -0.39 is 43.6 Å². The van der Waals surface area contributed by atoms with Gasteiger partial charge in [0.25, 0.3) is 5.92 Å². The molecule has 5 nitrogen and oxygen atoms in total. The van der Waals surface area contributed by atoms with Crippen LogP contribution in [0.15, 0.2) is 12.3 Å². The topological polar surface area (TPSA) is 59.0 Å². The van der Waals surface area contributed by atoms with Crippen molar-refractivity contribution in [2.45, 2.75) is 31.1 Å². The number of alkyl halides is 5. The molecule has 11 heteroatoms. The molecule has 0 aromatic carbocycles. The number of aromatic nitrogens is 2. The molecule has 0 saturated carbocycles. The van der Waals surface area contributed by atoms with Crippen LogP contribution in [0.4, 0.5) is 27.8 Å². The summed E-state index contributed by atoms with van der Waals surface area (Å²) in [5, 5.41) is 8.02. The van der Waals surface area contributed by atoms with Gasteiger partial charge in [0.1, 0.15) is 6.54 Å². The number of rotatable bonds is 3. The molecular weight excluding hydrogens is 323 g/mol. The maximum atomic E-state index is 12.9. The third-order valence-corrected chi connectivity index (χ3v) is 2.66. The number of carbonyl (C=O) groups is 1. The summed E-state index contributed by atoms with van der Waals surface area (Å²) in [5.74, 6) is -3.83. The molecule has 0 aliphatic carbocycles. The molecule has 2 N–H and O–H groups in total. The van der Waals surface area contributed by atoms with E-state index in [1.165, 1.54) is 0 Å². The van der Waals surface area contributed by atoms with E-state index in [0.717, 1.165) is 12.3 Å². The van der Waals surface area contributed by atoms with Gasteiger partial charge in [-0.15, -0.1) is 12.4 Å². The number of carbonyl (C=O) groups excluding carboxylic acids is 1. The Morgan fingerprint density at radius 2 is 2.19 bits per heavy atom. The Balaban J connectivity index is 0.00000220. The molecule has 0 spiro atoms. The van der Waals surface area contributed by atoms with Crippen LogP contribution < -0.4 is 10.6 Å². The van der Waals surface area contributed by atoms with E-state index >= 15 is 0 Å².